The summed E-state index contributed by atoms with van der Waals surface area (Å²) in [6.45, 7) is 5.41. The number of anilines is 1. The molecule has 0 bridgehead atoms. The summed E-state index contributed by atoms with van der Waals surface area (Å²) in [6.07, 6.45) is 1.74. The average Bonchev–Trinajstić information content (AvgIpc) is 2.89. The Hall–Kier alpha value is -1.47. The summed E-state index contributed by atoms with van der Waals surface area (Å²) in [7, 11) is 0. The van der Waals surface area contributed by atoms with Gasteiger partial charge in [0.05, 0.1) is 0 Å². The number of carbonyl (C=O) groups is 2. The Morgan fingerprint density at radius 2 is 2.10 bits per heavy atom. The normalized spacial score (nSPS) is 13.8. The number of thiazole rings is 1. The summed E-state index contributed by atoms with van der Waals surface area (Å²) < 4.78 is 0. The van der Waals surface area contributed by atoms with Gasteiger partial charge in [0.15, 0.2) is 5.13 Å². The first-order chi connectivity index (χ1) is 9.45. The summed E-state index contributed by atoms with van der Waals surface area (Å²) in [4.78, 5) is 27.9. The number of hydrogen-bond acceptors (Lipinski definition) is 5. The highest BCUT2D eigenvalue weighted by Crippen LogP contribution is 2.12. The molecule has 0 aliphatic carbocycles. The zero-order chi connectivity index (χ0) is 15.1. The third-order valence-electron chi connectivity index (χ3n) is 2.77. The van der Waals surface area contributed by atoms with Crippen LogP contribution in [0.2, 0.25) is 0 Å². The lowest BCUT2D eigenvalue weighted by atomic mass is 10.1. The van der Waals surface area contributed by atoms with Crippen molar-refractivity contribution in [2.75, 3.05) is 5.32 Å². The van der Waals surface area contributed by atoms with E-state index in [4.69, 9.17) is 0 Å². The van der Waals surface area contributed by atoms with Gasteiger partial charge >= 0.3 is 0 Å². The van der Waals surface area contributed by atoms with E-state index in [9.17, 15) is 14.7 Å². The van der Waals surface area contributed by atoms with Crippen LogP contribution in [-0.2, 0) is 9.59 Å². The number of aliphatic hydroxyl groups is 1. The Labute approximate surface area is 122 Å². The van der Waals surface area contributed by atoms with Gasteiger partial charge in [0.25, 0.3) is 0 Å². The molecular weight excluding hydrogens is 278 g/mol. The highest BCUT2D eigenvalue weighted by atomic mass is 32.1. The molecule has 2 amide bonds. The van der Waals surface area contributed by atoms with E-state index < -0.39 is 18.1 Å². The molecule has 1 unspecified atom stereocenters. The number of aliphatic hydroxyl groups excluding tert-OH is 1. The zero-order valence-corrected chi connectivity index (χ0v) is 12.7. The first-order valence-corrected chi connectivity index (χ1v) is 7.52. The Morgan fingerprint density at radius 1 is 1.40 bits per heavy atom. The van der Waals surface area contributed by atoms with Crippen molar-refractivity contribution >= 4 is 28.3 Å². The highest BCUT2D eigenvalue weighted by molar-refractivity contribution is 7.13. The quantitative estimate of drug-likeness (QED) is 0.709. The molecule has 20 heavy (non-hydrogen) atoms. The van der Waals surface area contributed by atoms with E-state index in [-0.39, 0.29) is 11.8 Å². The molecule has 0 saturated carbocycles. The maximum atomic E-state index is 12.1. The van der Waals surface area contributed by atoms with Crippen LogP contribution in [0.5, 0.6) is 0 Å². The highest BCUT2D eigenvalue weighted by Gasteiger charge is 2.25. The summed E-state index contributed by atoms with van der Waals surface area (Å²) in [5, 5.41) is 17.2. The van der Waals surface area contributed by atoms with Crippen molar-refractivity contribution in [3.05, 3.63) is 11.6 Å². The molecule has 0 aliphatic rings. The number of carbonyl (C=O) groups excluding carboxylic acids is 2. The molecule has 1 aromatic rings. The summed E-state index contributed by atoms with van der Waals surface area (Å²) in [6, 6.07) is -0.662. The zero-order valence-electron chi connectivity index (χ0n) is 11.9. The molecule has 0 spiro atoms. The molecule has 0 aromatic carbocycles. The van der Waals surface area contributed by atoms with Gasteiger partial charge < -0.3 is 15.7 Å². The lowest BCUT2D eigenvalue weighted by molar-refractivity contribution is -0.134. The predicted molar refractivity (Wildman–Crippen MR) is 78.4 cm³/mol. The molecule has 7 heteroatoms. The Morgan fingerprint density at radius 3 is 2.60 bits per heavy atom. The lowest BCUT2D eigenvalue weighted by Gasteiger charge is -2.20. The van der Waals surface area contributed by atoms with Crippen LogP contribution in [0.25, 0.3) is 0 Å². The standard InChI is InChI=1S/C13H21N3O3S/c1-4-5-9(15-12(19)10(17)8(2)3)11(18)16-13-14-6-7-20-13/h6-10,17H,4-5H2,1-3H3,(H,15,19)(H,14,16,18)/t9-,10?/m0/s1. The molecule has 1 heterocycles. The molecule has 0 aliphatic heterocycles. The van der Waals surface area contributed by atoms with Gasteiger partial charge in [-0.25, -0.2) is 4.98 Å². The first-order valence-electron chi connectivity index (χ1n) is 6.64. The van der Waals surface area contributed by atoms with E-state index >= 15 is 0 Å². The summed E-state index contributed by atoms with van der Waals surface area (Å²) in [5.41, 5.74) is 0. The van der Waals surface area contributed by atoms with Crippen LogP contribution in [0.15, 0.2) is 11.6 Å². The van der Waals surface area contributed by atoms with Crippen molar-refractivity contribution < 1.29 is 14.7 Å². The van der Waals surface area contributed by atoms with Crippen molar-refractivity contribution in [3.63, 3.8) is 0 Å². The van der Waals surface area contributed by atoms with E-state index in [1.54, 1.807) is 25.4 Å². The fourth-order valence-corrected chi connectivity index (χ4v) is 2.13. The van der Waals surface area contributed by atoms with Gasteiger partial charge in [-0.1, -0.05) is 27.2 Å². The molecule has 112 valence electrons. The maximum Gasteiger partial charge on any atom is 0.249 e. The van der Waals surface area contributed by atoms with Crippen molar-refractivity contribution in [2.45, 2.75) is 45.8 Å². The summed E-state index contributed by atoms with van der Waals surface area (Å²) in [5.74, 6) is -1.03. The first kappa shape index (κ1) is 16.6. The fraction of sp³-hybridized carbons (Fsp3) is 0.615. The molecule has 0 radical (unpaired) electrons. The Kier molecular flexibility index (Phi) is 6.60. The van der Waals surface area contributed by atoms with Crippen molar-refractivity contribution in [1.29, 1.82) is 0 Å². The van der Waals surface area contributed by atoms with E-state index in [0.29, 0.717) is 11.6 Å². The van der Waals surface area contributed by atoms with Gasteiger partial charge in [0.2, 0.25) is 11.8 Å². The van der Waals surface area contributed by atoms with Crippen LogP contribution in [0.4, 0.5) is 5.13 Å². The molecule has 3 N–H and O–H groups in total. The van der Waals surface area contributed by atoms with Gasteiger partial charge in [-0.05, 0) is 12.3 Å². The Bertz CT molecular complexity index is 434. The molecule has 1 aromatic heterocycles. The number of nitrogens with one attached hydrogen (secondary N) is 2. The second kappa shape index (κ2) is 7.96. The molecule has 1 rings (SSSR count). The molecule has 2 atom stereocenters. The minimum atomic E-state index is -1.11. The van der Waals surface area contributed by atoms with E-state index in [0.717, 1.165) is 6.42 Å². The minimum absolute atomic E-state index is 0.195. The third-order valence-corrected chi connectivity index (χ3v) is 3.46. The second-order valence-electron chi connectivity index (χ2n) is 4.87. The minimum Gasteiger partial charge on any atom is -0.383 e. The van der Waals surface area contributed by atoms with Gasteiger partial charge in [-0.15, -0.1) is 11.3 Å². The molecule has 6 nitrogen and oxygen atoms in total. The van der Waals surface area contributed by atoms with Crippen molar-refractivity contribution in [3.8, 4) is 0 Å². The average molecular weight is 299 g/mol. The van der Waals surface area contributed by atoms with Crippen molar-refractivity contribution in [1.82, 2.24) is 10.3 Å². The monoisotopic (exact) mass is 299 g/mol. The summed E-state index contributed by atoms with van der Waals surface area (Å²) >= 11 is 1.31. The van der Waals surface area contributed by atoms with Gasteiger partial charge in [-0.3, -0.25) is 9.59 Å². The number of rotatable bonds is 7. The van der Waals surface area contributed by atoms with Crippen LogP contribution < -0.4 is 10.6 Å². The second-order valence-corrected chi connectivity index (χ2v) is 5.76. The van der Waals surface area contributed by atoms with Crippen LogP contribution in [0.3, 0.4) is 0 Å². The fourth-order valence-electron chi connectivity index (χ4n) is 1.60. The van der Waals surface area contributed by atoms with E-state index in [2.05, 4.69) is 15.6 Å². The predicted octanol–water partition coefficient (Wildman–Crippen LogP) is 1.38. The number of amides is 2. The maximum absolute atomic E-state index is 12.1. The SMILES string of the molecule is CCC[C@H](NC(=O)C(O)C(C)C)C(=O)Nc1nccs1. The van der Waals surface area contributed by atoms with Crippen LogP contribution >= 0.6 is 11.3 Å². The van der Waals surface area contributed by atoms with Gasteiger partial charge in [-0.2, -0.15) is 0 Å². The van der Waals surface area contributed by atoms with E-state index in [1.807, 2.05) is 6.92 Å². The number of aromatic nitrogens is 1. The van der Waals surface area contributed by atoms with Crippen molar-refractivity contribution in [2.24, 2.45) is 5.92 Å². The topological polar surface area (TPSA) is 91.3 Å². The Balaban J connectivity index is 2.63. The lowest BCUT2D eigenvalue weighted by Crippen LogP contribution is -2.48. The van der Waals surface area contributed by atoms with Gasteiger partial charge in [0.1, 0.15) is 12.1 Å². The molecular formula is C13H21N3O3S. The van der Waals surface area contributed by atoms with Crippen LogP contribution in [0, 0.1) is 5.92 Å². The van der Waals surface area contributed by atoms with Gasteiger partial charge in [0, 0.05) is 11.6 Å². The van der Waals surface area contributed by atoms with Crippen LogP contribution in [0.1, 0.15) is 33.6 Å². The van der Waals surface area contributed by atoms with Crippen LogP contribution in [-0.4, -0.2) is 34.1 Å². The number of hydrogen-bond donors (Lipinski definition) is 3. The largest absolute Gasteiger partial charge is 0.383 e. The number of nitrogens with zero attached hydrogens (tertiary/aromatic N) is 1. The smallest absolute Gasteiger partial charge is 0.249 e. The third kappa shape index (κ3) is 4.90. The van der Waals surface area contributed by atoms with E-state index in [1.165, 1.54) is 11.3 Å². The molecule has 0 saturated heterocycles. The molecule has 0 fully saturated rings.